The van der Waals surface area contributed by atoms with Crippen LogP contribution >= 0.6 is 11.6 Å². The van der Waals surface area contributed by atoms with E-state index in [0.29, 0.717) is 11.5 Å². The van der Waals surface area contributed by atoms with E-state index >= 15 is 0 Å². The van der Waals surface area contributed by atoms with Crippen LogP contribution in [0.1, 0.15) is 28.9 Å². The third-order valence-corrected chi connectivity index (χ3v) is 6.63. The predicted molar refractivity (Wildman–Crippen MR) is 148 cm³/mol. The molecular weight excluding hydrogens is 505 g/mol. The van der Waals surface area contributed by atoms with Crippen molar-refractivity contribution in [2.24, 2.45) is 0 Å². The molecule has 1 amide bonds. The second kappa shape index (κ2) is 11.6. The van der Waals surface area contributed by atoms with E-state index in [2.05, 4.69) is 32.7 Å². The van der Waals surface area contributed by atoms with E-state index in [-0.39, 0.29) is 22.5 Å². The monoisotopic (exact) mass is 531 g/mol. The number of halogens is 2. The Bertz CT molecular complexity index is 1440. The molecule has 1 saturated heterocycles. The minimum atomic E-state index is -0.568. The zero-order valence-electron chi connectivity index (χ0n) is 20.8. The SMILES string of the molecule is CC(Nc1cncc(-c2cccc(N3CCOCC3)c2)n1)c1cccc(NC(=O)c2ccc(F)c(Cl)c2)c1. The van der Waals surface area contributed by atoms with Gasteiger partial charge < -0.3 is 20.3 Å². The number of amides is 1. The molecule has 3 aromatic carbocycles. The molecule has 7 nitrogen and oxygen atoms in total. The van der Waals surface area contributed by atoms with E-state index in [0.717, 1.165) is 48.8 Å². The average Bonchev–Trinajstić information content (AvgIpc) is 2.95. The number of ether oxygens (including phenoxy) is 1. The lowest BCUT2D eigenvalue weighted by molar-refractivity contribution is 0.102. The van der Waals surface area contributed by atoms with Crippen LogP contribution < -0.4 is 15.5 Å². The van der Waals surface area contributed by atoms with E-state index in [1.165, 1.54) is 18.2 Å². The summed E-state index contributed by atoms with van der Waals surface area (Å²) in [6, 6.07) is 19.5. The van der Waals surface area contributed by atoms with E-state index in [1.54, 1.807) is 18.5 Å². The minimum Gasteiger partial charge on any atom is -0.378 e. The molecule has 1 aliphatic heterocycles. The minimum absolute atomic E-state index is 0.0969. The number of morpholine rings is 1. The number of carbonyl (C=O) groups excluding carboxylic acids is 1. The molecule has 2 heterocycles. The quantitative estimate of drug-likeness (QED) is 0.296. The van der Waals surface area contributed by atoms with Crippen LogP contribution in [0.2, 0.25) is 5.02 Å². The molecule has 0 radical (unpaired) electrons. The standard InChI is InChI=1S/C29H27ClFN5O2/c1-19(20-4-2-6-23(14-20)34-29(37)22-8-9-26(31)25(30)16-22)33-28-18-32-17-27(35-28)21-5-3-7-24(15-21)36-10-12-38-13-11-36/h2-9,14-19H,10-13H2,1H3,(H,33,35)(H,34,37). The third-order valence-electron chi connectivity index (χ3n) is 6.34. The molecule has 4 aromatic rings. The second-order valence-electron chi connectivity index (χ2n) is 9.01. The molecule has 0 bridgehead atoms. The summed E-state index contributed by atoms with van der Waals surface area (Å²) in [5.74, 6) is -0.299. The van der Waals surface area contributed by atoms with Gasteiger partial charge in [-0.3, -0.25) is 9.78 Å². The van der Waals surface area contributed by atoms with Crippen molar-refractivity contribution in [1.82, 2.24) is 9.97 Å². The first-order chi connectivity index (χ1) is 18.5. The summed E-state index contributed by atoms with van der Waals surface area (Å²) < 4.78 is 18.9. The van der Waals surface area contributed by atoms with Crippen molar-refractivity contribution in [2.75, 3.05) is 41.8 Å². The Balaban J connectivity index is 1.28. The van der Waals surface area contributed by atoms with Gasteiger partial charge in [0.15, 0.2) is 0 Å². The fraction of sp³-hybridized carbons (Fsp3) is 0.207. The van der Waals surface area contributed by atoms with Gasteiger partial charge in [0.1, 0.15) is 11.6 Å². The van der Waals surface area contributed by atoms with Crippen LogP contribution in [0.3, 0.4) is 0 Å². The van der Waals surface area contributed by atoms with Crippen LogP contribution in [-0.4, -0.2) is 42.2 Å². The van der Waals surface area contributed by atoms with Crippen molar-refractivity contribution in [3.63, 3.8) is 0 Å². The Hall–Kier alpha value is -4.01. The first-order valence-corrected chi connectivity index (χ1v) is 12.7. The first-order valence-electron chi connectivity index (χ1n) is 12.3. The number of nitrogens with one attached hydrogen (secondary N) is 2. The number of anilines is 3. The van der Waals surface area contributed by atoms with E-state index in [9.17, 15) is 9.18 Å². The van der Waals surface area contributed by atoms with Gasteiger partial charge in [-0.1, -0.05) is 35.9 Å². The highest BCUT2D eigenvalue weighted by atomic mass is 35.5. The Morgan fingerprint density at radius 2 is 1.87 bits per heavy atom. The van der Waals surface area contributed by atoms with Gasteiger partial charge in [0.25, 0.3) is 5.91 Å². The summed E-state index contributed by atoms with van der Waals surface area (Å²) in [6.07, 6.45) is 3.45. The van der Waals surface area contributed by atoms with Gasteiger partial charge >= 0.3 is 0 Å². The Morgan fingerprint density at radius 1 is 1.05 bits per heavy atom. The lowest BCUT2D eigenvalue weighted by atomic mass is 10.1. The molecule has 9 heteroatoms. The average molecular weight is 532 g/mol. The number of nitrogens with zero attached hydrogens (tertiary/aromatic N) is 3. The molecule has 2 N–H and O–H groups in total. The topological polar surface area (TPSA) is 79.4 Å². The van der Waals surface area contributed by atoms with Gasteiger partial charge in [0.2, 0.25) is 0 Å². The second-order valence-corrected chi connectivity index (χ2v) is 9.42. The van der Waals surface area contributed by atoms with Crippen molar-refractivity contribution < 1.29 is 13.9 Å². The fourth-order valence-electron chi connectivity index (χ4n) is 4.29. The van der Waals surface area contributed by atoms with Gasteiger partial charge in [-0.15, -0.1) is 0 Å². The van der Waals surface area contributed by atoms with Crippen molar-refractivity contribution in [3.8, 4) is 11.3 Å². The molecule has 1 atom stereocenters. The van der Waals surface area contributed by atoms with Crippen molar-refractivity contribution in [2.45, 2.75) is 13.0 Å². The molecule has 5 rings (SSSR count). The zero-order valence-corrected chi connectivity index (χ0v) is 21.6. The summed E-state index contributed by atoms with van der Waals surface area (Å²) in [5, 5.41) is 6.14. The lowest BCUT2D eigenvalue weighted by Crippen LogP contribution is -2.36. The number of benzene rings is 3. The Kier molecular flexibility index (Phi) is 7.81. The third kappa shape index (κ3) is 6.10. The summed E-state index contributed by atoms with van der Waals surface area (Å²) in [6.45, 7) is 5.20. The number of rotatable bonds is 7. The van der Waals surface area contributed by atoms with Crippen LogP contribution in [0, 0.1) is 5.82 Å². The maximum Gasteiger partial charge on any atom is 0.255 e. The van der Waals surface area contributed by atoms with Crippen molar-refractivity contribution >= 4 is 34.7 Å². The maximum absolute atomic E-state index is 13.4. The van der Waals surface area contributed by atoms with Crippen LogP contribution in [0.15, 0.2) is 79.1 Å². The molecule has 1 unspecified atom stereocenters. The fourth-order valence-corrected chi connectivity index (χ4v) is 4.47. The molecule has 0 aliphatic carbocycles. The maximum atomic E-state index is 13.4. The number of carbonyl (C=O) groups is 1. The number of hydrogen-bond donors (Lipinski definition) is 2. The summed E-state index contributed by atoms with van der Waals surface area (Å²) >= 11 is 5.82. The molecule has 1 fully saturated rings. The van der Waals surface area contributed by atoms with Crippen LogP contribution in [-0.2, 0) is 4.74 Å². The van der Waals surface area contributed by atoms with Crippen LogP contribution in [0.4, 0.5) is 21.6 Å². The Morgan fingerprint density at radius 3 is 2.68 bits per heavy atom. The zero-order chi connectivity index (χ0) is 26.5. The van der Waals surface area contributed by atoms with Crippen LogP contribution in [0.5, 0.6) is 0 Å². The van der Waals surface area contributed by atoms with Crippen molar-refractivity contribution in [3.05, 3.63) is 101 Å². The smallest absolute Gasteiger partial charge is 0.255 e. The molecule has 1 aliphatic rings. The Labute approximate surface area is 225 Å². The van der Waals surface area contributed by atoms with Gasteiger partial charge in [0.05, 0.1) is 42.4 Å². The largest absolute Gasteiger partial charge is 0.378 e. The number of hydrogen-bond acceptors (Lipinski definition) is 6. The highest BCUT2D eigenvalue weighted by Crippen LogP contribution is 2.26. The van der Waals surface area contributed by atoms with E-state index in [1.807, 2.05) is 37.3 Å². The van der Waals surface area contributed by atoms with E-state index < -0.39 is 5.82 Å². The predicted octanol–water partition coefficient (Wildman–Crippen LogP) is 6.20. The summed E-state index contributed by atoms with van der Waals surface area (Å²) in [4.78, 5) is 24.1. The van der Waals surface area contributed by atoms with Gasteiger partial charge in [0, 0.05) is 35.6 Å². The highest BCUT2D eigenvalue weighted by Gasteiger charge is 2.14. The molecule has 0 saturated carbocycles. The first kappa shape index (κ1) is 25.6. The normalized spacial score (nSPS) is 14.1. The van der Waals surface area contributed by atoms with Gasteiger partial charge in [-0.2, -0.15) is 0 Å². The molecular formula is C29H27ClFN5O2. The van der Waals surface area contributed by atoms with Crippen molar-refractivity contribution in [1.29, 1.82) is 0 Å². The van der Waals surface area contributed by atoms with E-state index in [4.69, 9.17) is 21.3 Å². The molecule has 194 valence electrons. The molecule has 38 heavy (non-hydrogen) atoms. The van der Waals surface area contributed by atoms with Gasteiger partial charge in [-0.25, -0.2) is 9.37 Å². The van der Waals surface area contributed by atoms with Crippen LogP contribution in [0.25, 0.3) is 11.3 Å². The molecule has 0 spiro atoms. The number of aromatic nitrogens is 2. The summed E-state index contributed by atoms with van der Waals surface area (Å²) in [7, 11) is 0. The molecule has 1 aromatic heterocycles. The summed E-state index contributed by atoms with van der Waals surface area (Å²) in [5.41, 5.74) is 4.74. The highest BCUT2D eigenvalue weighted by molar-refractivity contribution is 6.31. The van der Waals surface area contributed by atoms with Gasteiger partial charge in [-0.05, 0) is 55.0 Å². The lowest BCUT2D eigenvalue weighted by Gasteiger charge is -2.29.